The zero-order chi connectivity index (χ0) is 46.7. The Bertz CT molecular complexity index is 2880. The minimum absolute atomic E-state index is 0.0989. The molecule has 0 radical (unpaired) electrons. The van der Waals surface area contributed by atoms with Gasteiger partial charge in [-0.3, -0.25) is 19.2 Å². The number of carbonyl (C=O) groups excluding carboxylic acids is 2. The maximum Gasteiger partial charge on any atom is 0.305 e. The molecule has 2 atom stereocenters. The fraction of sp³-hybridized carbons (Fsp3) is 0.0833. The van der Waals surface area contributed by atoms with E-state index in [2.05, 4.69) is 30.8 Å². The summed E-state index contributed by atoms with van der Waals surface area (Å²) in [5, 5.41) is 34.0. The summed E-state index contributed by atoms with van der Waals surface area (Å²) in [5.41, 5.74) is 3.82. The lowest BCUT2D eigenvalue weighted by molar-refractivity contribution is -0.138. The Morgan fingerprint density at radius 1 is 0.500 bits per heavy atom. The first-order valence-corrected chi connectivity index (χ1v) is 21.5. The zero-order valence-corrected chi connectivity index (χ0v) is 37.3. The van der Waals surface area contributed by atoms with Crippen LogP contribution in [0.25, 0.3) is 34.2 Å². The van der Waals surface area contributed by atoms with E-state index in [0.717, 1.165) is 22.5 Å². The number of hydrogen-bond donors (Lipinski definition) is 4. The highest BCUT2D eigenvalue weighted by molar-refractivity contribution is 6.42. The average molecular weight is 963 g/mol. The van der Waals surface area contributed by atoms with Crippen LogP contribution in [-0.4, -0.2) is 63.5 Å². The van der Waals surface area contributed by atoms with Crippen LogP contribution in [0.5, 0.6) is 0 Å². The van der Waals surface area contributed by atoms with E-state index in [1.165, 1.54) is 6.07 Å². The molecule has 0 unspecified atom stereocenters. The van der Waals surface area contributed by atoms with Gasteiger partial charge in [-0.05, 0) is 53.6 Å². The topological polar surface area (TPSA) is 194 Å². The minimum Gasteiger partial charge on any atom is -0.481 e. The highest BCUT2D eigenvalue weighted by Crippen LogP contribution is 2.32. The van der Waals surface area contributed by atoms with Gasteiger partial charge in [0.25, 0.3) is 11.8 Å². The van der Waals surface area contributed by atoms with Gasteiger partial charge >= 0.3 is 11.9 Å². The molecule has 18 heteroatoms. The summed E-state index contributed by atoms with van der Waals surface area (Å²) in [6.07, 6.45) is -0.769. The fourth-order valence-electron chi connectivity index (χ4n) is 6.71. The van der Waals surface area contributed by atoms with E-state index in [1.807, 2.05) is 121 Å². The van der Waals surface area contributed by atoms with E-state index < -0.39 is 42.3 Å². The van der Waals surface area contributed by atoms with Crippen molar-refractivity contribution < 1.29 is 29.4 Å². The average Bonchev–Trinajstić information content (AvgIpc) is 3.98. The molecule has 2 amide bonds. The standard InChI is InChI=1S/2C24H18Cl2N4O3/c25-18-13-7-12-17(21(18)26)19(14-20(31)32)27-24(33)22-28-23(15-8-3-1-4-9-15)30(29-22)16-10-5-2-6-11-16;25-16-11-12-18(19(26)13-16)20(14-21(31)32)27-24(33)22-28-23(15-7-3-1-4-8-15)30(29-22)17-9-5-2-6-10-17/h1-13,19H,14H2,(H,27,33)(H,31,32);1-13,20H,14H2,(H,27,33)(H,31,32)/t19-;20-/m00/s1. The first kappa shape index (κ1) is 46.6. The number of amides is 2. The first-order chi connectivity index (χ1) is 31.9. The van der Waals surface area contributed by atoms with E-state index in [4.69, 9.17) is 46.4 Å². The highest BCUT2D eigenvalue weighted by atomic mass is 35.5. The van der Waals surface area contributed by atoms with Gasteiger partial charge in [0.05, 0.1) is 46.3 Å². The largest absolute Gasteiger partial charge is 0.481 e. The summed E-state index contributed by atoms with van der Waals surface area (Å²) in [7, 11) is 0. The van der Waals surface area contributed by atoms with E-state index in [0.29, 0.717) is 27.8 Å². The predicted octanol–water partition coefficient (Wildman–Crippen LogP) is 10.4. The van der Waals surface area contributed by atoms with Crippen LogP contribution in [-0.2, 0) is 9.59 Å². The molecule has 332 valence electrons. The summed E-state index contributed by atoms with van der Waals surface area (Å²) < 4.78 is 3.15. The van der Waals surface area contributed by atoms with Crippen molar-refractivity contribution in [1.29, 1.82) is 0 Å². The quantitative estimate of drug-likeness (QED) is 0.0815. The zero-order valence-electron chi connectivity index (χ0n) is 34.3. The molecule has 8 rings (SSSR count). The predicted molar refractivity (Wildman–Crippen MR) is 251 cm³/mol. The molecule has 0 aliphatic rings. The van der Waals surface area contributed by atoms with E-state index in [9.17, 15) is 29.4 Å². The number of aliphatic carboxylic acids is 2. The van der Waals surface area contributed by atoms with Gasteiger partial charge in [0, 0.05) is 21.2 Å². The lowest BCUT2D eigenvalue weighted by atomic mass is 10.0. The Hall–Kier alpha value is -7.36. The number of nitrogens with zero attached hydrogens (tertiary/aromatic N) is 6. The van der Waals surface area contributed by atoms with Gasteiger partial charge in [-0.2, -0.15) is 0 Å². The van der Waals surface area contributed by atoms with E-state index in [1.54, 1.807) is 39.7 Å². The second-order valence-electron chi connectivity index (χ2n) is 14.3. The number of rotatable bonds is 14. The van der Waals surface area contributed by atoms with Gasteiger partial charge in [0.2, 0.25) is 11.6 Å². The smallest absolute Gasteiger partial charge is 0.305 e. The molecule has 2 heterocycles. The van der Waals surface area contributed by atoms with Gasteiger partial charge in [0.1, 0.15) is 0 Å². The van der Waals surface area contributed by atoms with Crippen LogP contribution >= 0.6 is 46.4 Å². The van der Waals surface area contributed by atoms with Crippen molar-refractivity contribution >= 4 is 70.2 Å². The number of nitrogens with one attached hydrogen (secondary N) is 2. The van der Waals surface area contributed by atoms with Gasteiger partial charge in [-0.25, -0.2) is 19.3 Å². The van der Waals surface area contributed by atoms with Crippen molar-refractivity contribution in [1.82, 2.24) is 40.2 Å². The first-order valence-electron chi connectivity index (χ1n) is 20.0. The summed E-state index contributed by atoms with van der Waals surface area (Å²) >= 11 is 24.6. The summed E-state index contributed by atoms with van der Waals surface area (Å²) in [5.74, 6) is -2.72. The van der Waals surface area contributed by atoms with Crippen molar-refractivity contribution in [3.05, 3.63) is 201 Å². The number of carboxylic acid groups (broad SMARTS) is 2. The molecule has 6 aromatic carbocycles. The lowest BCUT2D eigenvalue weighted by Gasteiger charge is -2.18. The van der Waals surface area contributed by atoms with Gasteiger partial charge < -0.3 is 20.8 Å². The molecule has 0 bridgehead atoms. The summed E-state index contributed by atoms with van der Waals surface area (Å²) in [6.45, 7) is 0. The van der Waals surface area contributed by atoms with Crippen LogP contribution < -0.4 is 10.6 Å². The maximum absolute atomic E-state index is 13.1. The second kappa shape index (κ2) is 21.5. The summed E-state index contributed by atoms with van der Waals surface area (Å²) in [4.78, 5) is 58.0. The third kappa shape index (κ3) is 11.5. The van der Waals surface area contributed by atoms with Gasteiger partial charge in [0.15, 0.2) is 11.6 Å². The van der Waals surface area contributed by atoms with Crippen LogP contribution in [0.4, 0.5) is 0 Å². The second-order valence-corrected chi connectivity index (χ2v) is 15.9. The molecular formula is C48H36Cl4N8O6. The third-order valence-electron chi connectivity index (χ3n) is 9.75. The van der Waals surface area contributed by atoms with E-state index >= 15 is 0 Å². The number of halogens is 4. The SMILES string of the molecule is O=C(O)C[C@H](NC(=O)c1nc(-c2ccccc2)n(-c2ccccc2)n1)c1ccc(Cl)cc1Cl.O=C(O)C[C@H](NC(=O)c1nc(-c2ccccc2)n(-c2ccccc2)n1)c1cccc(Cl)c1Cl. The van der Waals surface area contributed by atoms with Crippen LogP contribution in [0.1, 0.15) is 57.3 Å². The number of para-hydroxylation sites is 2. The van der Waals surface area contributed by atoms with Crippen molar-refractivity contribution in [2.45, 2.75) is 24.9 Å². The van der Waals surface area contributed by atoms with Crippen molar-refractivity contribution in [3.63, 3.8) is 0 Å². The molecule has 66 heavy (non-hydrogen) atoms. The van der Waals surface area contributed by atoms with Crippen LogP contribution in [0, 0.1) is 0 Å². The minimum atomic E-state index is -1.11. The van der Waals surface area contributed by atoms with Gasteiger partial charge in [-0.15, -0.1) is 10.2 Å². The number of hydrogen-bond acceptors (Lipinski definition) is 8. The number of aromatic nitrogens is 6. The van der Waals surface area contributed by atoms with Gasteiger partial charge in [-0.1, -0.05) is 162 Å². The Kier molecular flexibility index (Phi) is 15.2. The molecular weight excluding hydrogens is 926 g/mol. The Labute approximate surface area is 397 Å². The normalized spacial score (nSPS) is 11.7. The maximum atomic E-state index is 13.1. The molecule has 0 spiro atoms. The molecule has 0 saturated heterocycles. The molecule has 8 aromatic rings. The lowest BCUT2D eigenvalue weighted by Crippen LogP contribution is -2.31. The molecule has 4 N–H and O–H groups in total. The molecule has 0 aliphatic heterocycles. The Balaban J connectivity index is 0.000000196. The monoisotopic (exact) mass is 960 g/mol. The third-order valence-corrected chi connectivity index (χ3v) is 11.1. The van der Waals surface area contributed by atoms with Crippen molar-refractivity contribution in [2.24, 2.45) is 0 Å². The number of carboxylic acids is 2. The molecule has 2 aromatic heterocycles. The number of carbonyl (C=O) groups is 4. The number of benzene rings is 6. The van der Waals surface area contributed by atoms with Crippen LogP contribution in [0.2, 0.25) is 20.1 Å². The molecule has 0 fully saturated rings. The molecule has 0 saturated carbocycles. The Morgan fingerprint density at radius 2 is 0.924 bits per heavy atom. The fourth-order valence-corrected chi connectivity index (χ4v) is 7.69. The molecule has 14 nitrogen and oxygen atoms in total. The summed E-state index contributed by atoms with van der Waals surface area (Å²) in [6, 6.07) is 45.0. The van der Waals surface area contributed by atoms with Crippen molar-refractivity contribution in [3.8, 4) is 34.2 Å². The van der Waals surface area contributed by atoms with E-state index in [-0.39, 0.29) is 33.1 Å². The Morgan fingerprint density at radius 3 is 1.35 bits per heavy atom. The van der Waals surface area contributed by atoms with Crippen molar-refractivity contribution in [2.75, 3.05) is 0 Å². The van der Waals surface area contributed by atoms with Crippen LogP contribution in [0.15, 0.2) is 158 Å². The van der Waals surface area contributed by atoms with Crippen LogP contribution in [0.3, 0.4) is 0 Å². The highest BCUT2D eigenvalue weighted by Gasteiger charge is 2.27. The molecule has 0 aliphatic carbocycles.